The van der Waals surface area contributed by atoms with Crippen molar-refractivity contribution in [2.45, 2.75) is 30.2 Å². The van der Waals surface area contributed by atoms with Gasteiger partial charge in [-0.05, 0) is 80.4 Å². The predicted molar refractivity (Wildman–Crippen MR) is 131 cm³/mol. The molecular formula is C27H28F2N2O3S. The third-order valence-electron chi connectivity index (χ3n) is 7.08. The van der Waals surface area contributed by atoms with Crippen molar-refractivity contribution in [3.05, 3.63) is 89.5 Å². The van der Waals surface area contributed by atoms with Gasteiger partial charge >= 0.3 is 10.1 Å². The molecule has 0 amide bonds. The van der Waals surface area contributed by atoms with E-state index in [9.17, 15) is 17.2 Å². The number of piperidine rings is 1. The van der Waals surface area contributed by atoms with Crippen molar-refractivity contribution in [3.8, 4) is 5.75 Å². The monoisotopic (exact) mass is 498 g/mol. The Hall–Kier alpha value is -2.97. The van der Waals surface area contributed by atoms with E-state index in [-0.39, 0.29) is 11.7 Å². The van der Waals surface area contributed by atoms with Crippen molar-refractivity contribution in [1.29, 1.82) is 0 Å². The van der Waals surface area contributed by atoms with Crippen molar-refractivity contribution in [2.75, 3.05) is 31.6 Å². The predicted octanol–water partition coefficient (Wildman–Crippen LogP) is 5.18. The molecule has 0 spiro atoms. The molecule has 0 aliphatic carbocycles. The Labute approximate surface area is 205 Å². The van der Waals surface area contributed by atoms with Gasteiger partial charge in [0, 0.05) is 24.7 Å². The van der Waals surface area contributed by atoms with Crippen LogP contribution in [0.2, 0.25) is 0 Å². The minimum Gasteiger partial charge on any atom is -0.379 e. The van der Waals surface area contributed by atoms with Crippen LogP contribution in [0.5, 0.6) is 5.75 Å². The number of hydrogen-bond acceptors (Lipinski definition) is 5. The van der Waals surface area contributed by atoms with Gasteiger partial charge in [-0.2, -0.15) is 8.42 Å². The maximum atomic E-state index is 14.2. The van der Waals surface area contributed by atoms with Gasteiger partial charge in [0.25, 0.3) is 0 Å². The van der Waals surface area contributed by atoms with Gasteiger partial charge in [0.05, 0.1) is 0 Å². The quantitative estimate of drug-likeness (QED) is 0.439. The zero-order valence-corrected chi connectivity index (χ0v) is 20.3. The lowest BCUT2D eigenvalue weighted by Crippen LogP contribution is -2.34. The van der Waals surface area contributed by atoms with E-state index in [1.807, 2.05) is 24.3 Å². The number of likely N-dealkylation sites (tertiary alicyclic amines) is 1. The lowest BCUT2D eigenvalue weighted by Gasteiger charge is -2.33. The van der Waals surface area contributed by atoms with Crippen molar-refractivity contribution in [3.63, 3.8) is 0 Å². The van der Waals surface area contributed by atoms with Crippen LogP contribution in [0.15, 0.2) is 71.6 Å². The molecule has 2 aliphatic rings. The SMILES string of the molecule is CN1CCC(C2CN(Cc3ccccc3)c3ccc(OS(=O)(=O)c4c(F)cccc4F)cc32)CC1. The van der Waals surface area contributed by atoms with E-state index < -0.39 is 26.6 Å². The number of benzene rings is 3. The molecule has 5 nitrogen and oxygen atoms in total. The lowest BCUT2D eigenvalue weighted by atomic mass is 9.81. The smallest absolute Gasteiger partial charge is 0.345 e. The van der Waals surface area contributed by atoms with Crippen LogP contribution in [-0.2, 0) is 16.7 Å². The molecule has 3 aromatic carbocycles. The van der Waals surface area contributed by atoms with Gasteiger partial charge in [-0.25, -0.2) is 8.78 Å². The Kier molecular flexibility index (Phi) is 6.51. The second kappa shape index (κ2) is 9.59. The second-order valence-electron chi connectivity index (χ2n) is 9.42. The molecule has 5 rings (SSSR count). The standard InChI is InChI=1S/C27H28F2N2O3S/c1-30-14-12-20(13-15-30)23-18-31(17-19-6-3-2-4-7-19)26-11-10-21(16-22(23)26)34-35(32,33)27-24(28)8-5-9-25(27)29/h2-11,16,20,23H,12-15,17-18H2,1H3. The fourth-order valence-corrected chi connectivity index (χ4v) is 6.33. The third-order valence-corrected chi connectivity index (χ3v) is 8.38. The molecule has 8 heteroatoms. The Bertz CT molecular complexity index is 1290. The summed E-state index contributed by atoms with van der Waals surface area (Å²) in [6.07, 6.45) is 2.12. The first kappa shape index (κ1) is 23.8. The van der Waals surface area contributed by atoms with Crippen LogP contribution in [0.25, 0.3) is 0 Å². The van der Waals surface area contributed by atoms with Gasteiger partial charge in [0.15, 0.2) is 4.90 Å². The van der Waals surface area contributed by atoms with Crippen LogP contribution >= 0.6 is 0 Å². The summed E-state index contributed by atoms with van der Waals surface area (Å²) in [5, 5.41) is 0. The lowest BCUT2D eigenvalue weighted by molar-refractivity contribution is 0.201. The number of fused-ring (bicyclic) bond motifs is 1. The van der Waals surface area contributed by atoms with E-state index in [2.05, 4.69) is 29.0 Å². The molecule has 2 aliphatic heterocycles. The van der Waals surface area contributed by atoms with Crippen LogP contribution in [0.4, 0.5) is 14.5 Å². The van der Waals surface area contributed by atoms with Crippen LogP contribution in [0.1, 0.15) is 29.9 Å². The molecule has 1 unspecified atom stereocenters. The highest BCUT2D eigenvalue weighted by Gasteiger charge is 2.36. The highest BCUT2D eigenvalue weighted by atomic mass is 32.2. The summed E-state index contributed by atoms with van der Waals surface area (Å²) in [7, 11) is -2.55. The number of nitrogens with zero attached hydrogens (tertiary/aromatic N) is 2. The molecule has 1 fully saturated rings. The molecule has 1 atom stereocenters. The molecule has 3 aromatic rings. The summed E-state index contributed by atoms with van der Waals surface area (Å²) in [4.78, 5) is 3.57. The van der Waals surface area contributed by atoms with E-state index in [0.29, 0.717) is 5.92 Å². The van der Waals surface area contributed by atoms with E-state index in [0.717, 1.165) is 68.5 Å². The van der Waals surface area contributed by atoms with Gasteiger partial charge in [-0.15, -0.1) is 0 Å². The molecule has 0 radical (unpaired) electrons. The molecule has 1 saturated heterocycles. The molecule has 0 aromatic heterocycles. The second-order valence-corrected chi connectivity index (χ2v) is 10.9. The summed E-state index contributed by atoms with van der Waals surface area (Å²) >= 11 is 0. The fourth-order valence-electron chi connectivity index (χ4n) is 5.28. The van der Waals surface area contributed by atoms with Crippen LogP contribution in [0.3, 0.4) is 0 Å². The van der Waals surface area contributed by atoms with Crippen LogP contribution < -0.4 is 9.08 Å². The highest BCUT2D eigenvalue weighted by molar-refractivity contribution is 7.87. The first-order valence-corrected chi connectivity index (χ1v) is 13.2. The normalized spacial score (nSPS) is 19.1. The maximum Gasteiger partial charge on any atom is 0.345 e. The number of hydrogen-bond donors (Lipinski definition) is 0. The molecule has 0 bridgehead atoms. The zero-order chi connectivity index (χ0) is 24.6. The third kappa shape index (κ3) is 4.90. The zero-order valence-electron chi connectivity index (χ0n) is 19.5. The average molecular weight is 499 g/mol. The Morgan fingerprint density at radius 1 is 0.943 bits per heavy atom. The Morgan fingerprint density at radius 3 is 2.31 bits per heavy atom. The minimum atomic E-state index is -4.67. The number of rotatable bonds is 6. The summed E-state index contributed by atoms with van der Waals surface area (Å²) in [5.74, 6) is -1.61. The Morgan fingerprint density at radius 2 is 1.63 bits per heavy atom. The largest absolute Gasteiger partial charge is 0.379 e. The van der Waals surface area contributed by atoms with Gasteiger partial charge in [-0.3, -0.25) is 0 Å². The van der Waals surface area contributed by atoms with Crippen molar-refractivity contribution >= 4 is 15.8 Å². The first-order chi connectivity index (χ1) is 16.8. The van der Waals surface area contributed by atoms with E-state index in [1.54, 1.807) is 12.1 Å². The topological polar surface area (TPSA) is 49.9 Å². The molecule has 0 N–H and O–H groups in total. The number of anilines is 1. The summed E-state index contributed by atoms with van der Waals surface area (Å²) in [5.41, 5.74) is 3.26. The van der Waals surface area contributed by atoms with Gasteiger partial charge < -0.3 is 14.0 Å². The van der Waals surface area contributed by atoms with Gasteiger partial charge in [0.1, 0.15) is 17.4 Å². The van der Waals surface area contributed by atoms with Gasteiger partial charge in [-0.1, -0.05) is 36.4 Å². The average Bonchev–Trinajstić information content (AvgIpc) is 3.17. The number of halogens is 2. The van der Waals surface area contributed by atoms with E-state index in [4.69, 9.17) is 4.18 Å². The van der Waals surface area contributed by atoms with E-state index in [1.165, 1.54) is 5.56 Å². The highest BCUT2D eigenvalue weighted by Crippen LogP contribution is 2.45. The molecular weight excluding hydrogens is 470 g/mol. The molecule has 184 valence electrons. The molecule has 0 saturated carbocycles. The van der Waals surface area contributed by atoms with E-state index >= 15 is 0 Å². The van der Waals surface area contributed by atoms with Crippen molar-refractivity contribution in [1.82, 2.24) is 4.90 Å². The van der Waals surface area contributed by atoms with Crippen LogP contribution in [-0.4, -0.2) is 40.0 Å². The summed E-state index contributed by atoms with van der Waals surface area (Å²) in [6.45, 7) is 3.62. The summed E-state index contributed by atoms with van der Waals surface area (Å²) in [6, 6.07) is 18.3. The van der Waals surface area contributed by atoms with Gasteiger partial charge in [0.2, 0.25) is 0 Å². The summed E-state index contributed by atoms with van der Waals surface area (Å²) < 4.78 is 59.1. The fraction of sp³-hybridized carbons (Fsp3) is 0.333. The first-order valence-electron chi connectivity index (χ1n) is 11.8. The van der Waals surface area contributed by atoms with Crippen molar-refractivity contribution < 1.29 is 21.4 Å². The maximum absolute atomic E-state index is 14.2. The minimum absolute atomic E-state index is 0.0610. The Balaban J connectivity index is 1.47. The molecule has 35 heavy (non-hydrogen) atoms. The molecule has 2 heterocycles. The van der Waals surface area contributed by atoms with Crippen molar-refractivity contribution in [2.24, 2.45) is 5.92 Å². The van der Waals surface area contributed by atoms with Crippen LogP contribution in [0, 0.1) is 17.6 Å².